The molecule has 0 radical (unpaired) electrons. The molecule has 0 spiro atoms. The summed E-state index contributed by atoms with van der Waals surface area (Å²) >= 11 is 0. The van der Waals surface area contributed by atoms with Crippen molar-refractivity contribution >= 4 is 21.6 Å². The van der Waals surface area contributed by atoms with Crippen molar-refractivity contribution in [1.29, 1.82) is 0 Å². The summed E-state index contributed by atoms with van der Waals surface area (Å²) in [6.07, 6.45) is 5.85. The first-order chi connectivity index (χ1) is 13.0. The Labute approximate surface area is 159 Å². The molecule has 1 saturated carbocycles. The minimum atomic E-state index is -4.00. The fraction of sp³-hybridized carbons (Fsp3) is 0.350. The largest absolute Gasteiger partial charge is 0.352 e. The van der Waals surface area contributed by atoms with E-state index >= 15 is 0 Å². The fourth-order valence-electron chi connectivity index (χ4n) is 3.28. The van der Waals surface area contributed by atoms with E-state index in [1.54, 1.807) is 6.07 Å². The van der Waals surface area contributed by atoms with Crippen LogP contribution in [0.5, 0.6) is 0 Å². The molecule has 0 atom stereocenters. The number of carbonyl (C=O) groups is 1. The molecule has 5 nitrogen and oxygen atoms in total. The summed E-state index contributed by atoms with van der Waals surface area (Å²) in [5.74, 6) is -0.483. The van der Waals surface area contributed by atoms with Gasteiger partial charge < -0.3 is 5.32 Å². The number of carbonyl (C=O) groups excluding carboxylic acids is 1. The third-order valence-electron chi connectivity index (χ3n) is 4.80. The number of benzene rings is 2. The average molecular weight is 390 g/mol. The summed E-state index contributed by atoms with van der Waals surface area (Å²) < 4.78 is 41.0. The van der Waals surface area contributed by atoms with Crippen molar-refractivity contribution in [2.75, 3.05) is 11.3 Å². The van der Waals surface area contributed by atoms with Gasteiger partial charge in [0.1, 0.15) is 5.82 Å². The summed E-state index contributed by atoms with van der Waals surface area (Å²) in [5.41, 5.74) is 0.131. The normalized spacial score (nSPS) is 15.3. The Bertz CT molecular complexity index is 909. The molecule has 1 aliphatic rings. The van der Waals surface area contributed by atoms with Gasteiger partial charge in [-0.05, 0) is 49.1 Å². The molecule has 2 aromatic rings. The summed E-state index contributed by atoms with van der Waals surface area (Å²) in [6, 6.07) is 11.3. The van der Waals surface area contributed by atoms with Gasteiger partial charge in [0.2, 0.25) is 0 Å². The van der Waals surface area contributed by atoms with E-state index in [1.165, 1.54) is 61.7 Å². The molecule has 2 aromatic carbocycles. The third-order valence-corrected chi connectivity index (χ3v) is 6.16. The summed E-state index contributed by atoms with van der Waals surface area (Å²) in [5, 5.41) is 2.89. The van der Waals surface area contributed by atoms with Crippen LogP contribution in [0.3, 0.4) is 0 Å². The van der Waals surface area contributed by atoms with Gasteiger partial charge in [0.25, 0.3) is 15.9 Å². The second kappa shape index (κ2) is 8.52. The minimum absolute atomic E-state index is 0.0870. The minimum Gasteiger partial charge on any atom is -0.352 e. The van der Waals surface area contributed by atoms with Crippen LogP contribution >= 0.6 is 0 Å². The lowest BCUT2D eigenvalue weighted by Crippen LogP contribution is -2.30. The number of nitrogens with one attached hydrogen (secondary N) is 2. The molecule has 0 unspecified atom stereocenters. The van der Waals surface area contributed by atoms with Gasteiger partial charge in [-0.25, -0.2) is 12.8 Å². The van der Waals surface area contributed by atoms with Crippen LogP contribution in [0.4, 0.5) is 10.1 Å². The van der Waals surface area contributed by atoms with Crippen LogP contribution in [0.25, 0.3) is 0 Å². The molecule has 2 N–H and O–H groups in total. The third kappa shape index (κ3) is 5.07. The van der Waals surface area contributed by atoms with Crippen LogP contribution in [0.15, 0.2) is 53.4 Å². The van der Waals surface area contributed by atoms with E-state index in [2.05, 4.69) is 10.0 Å². The van der Waals surface area contributed by atoms with Crippen molar-refractivity contribution < 1.29 is 17.6 Å². The van der Waals surface area contributed by atoms with Gasteiger partial charge in [-0.3, -0.25) is 9.52 Å². The highest BCUT2D eigenvalue weighted by Crippen LogP contribution is 2.23. The summed E-state index contributed by atoms with van der Waals surface area (Å²) in [6.45, 7) is 0.600. The quantitative estimate of drug-likeness (QED) is 0.785. The van der Waals surface area contributed by atoms with E-state index in [9.17, 15) is 17.6 Å². The van der Waals surface area contributed by atoms with Crippen molar-refractivity contribution in [3.05, 3.63) is 59.9 Å². The Morgan fingerprint density at radius 2 is 1.78 bits per heavy atom. The lowest BCUT2D eigenvalue weighted by molar-refractivity contribution is 0.0943. The van der Waals surface area contributed by atoms with E-state index in [-0.39, 0.29) is 22.1 Å². The fourth-order valence-corrected chi connectivity index (χ4v) is 4.40. The molecule has 0 heterocycles. The van der Waals surface area contributed by atoms with Gasteiger partial charge >= 0.3 is 0 Å². The molecule has 7 heteroatoms. The molecule has 3 rings (SSSR count). The van der Waals surface area contributed by atoms with Gasteiger partial charge in [-0.15, -0.1) is 0 Å². The van der Waals surface area contributed by atoms with Crippen LogP contribution in [-0.4, -0.2) is 20.9 Å². The van der Waals surface area contributed by atoms with E-state index in [4.69, 9.17) is 0 Å². The molecule has 1 aliphatic carbocycles. The Morgan fingerprint density at radius 3 is 2.52 bits per heavy atom. The molecule has 0 aromatic heterocycles. The number of halogens is 1. The van der Waals surface area contributed by atoms with Crippen molar-refractivity contribution in [3.63, 3.8) is 0 Å². The predicted molar refractivity (Wildman–Crippen MR) is 103 cm³/mol. The van der Waals surface area contributed by atoms with Crippen LogP contribution < -0.4 is 10.0 Å². The van der Waals surface area contributed by atoms with Gasteiger partial charge in [-0.1, -0.05) is 37.5 Å². The molecule has 27 heavy (non-hydrogen) atoms. The summed E-state index contributed by atoms with van der Waals surface area (Å²) in [4.78, 5) is 12.3. The topological polar surface area (TPSA) is 75.3 Å². The zero-order valence-electron chi connectivity index (χ0n) is 14.9. The number of amides is 1. The maximum atomic E-state index is 13.7. The van der Waals surface area contributed by atoms with Gasteiger partial charge in [0, 0.05) is 12.1 Å². The number of rotatable bonds is 6. The van der Waals surface area contributed by atoms with E-state index in [0.29, 0.717) is 12.5 Å². The second-order valence-corrected chi connectivity index (χ2v) is 8.51. The van der Waals surface area contributed by atoms with E-state index < -0.39 is 15.8 Å². The second-order valence-electron chi connectivity index (χ2n) is 6.83. The lowest BCUT2D eigenvalue weighted by Gasteiger charge is -2.21. The molecule has 1 fully saturated rings. The van der Waals surface area contributed by atoms with Crippen molar-refractivity contribution in [1.82, 2.24) is 5.32 Å². The molecule has 1 amide bonds. The van der Waals surface area contributed by atoms with Gasteiger partial charge in [0.15, 0.2) is 0 Å². The first-order valence-electron chi connectivity index (χ1n) is 9.11. The SMILES string of the molecule is O=C(NCC1CCCCC1)c1cccc(S(=O)(=O)Nc2ccccc2F)c1. The highest BCUT2D eigenvalue weighted by Gasteiger charge is 2.19. The van der Waals surface area contributed by atoms with Crippen molar-refractivity contribution in [3.8, 4) is 0 Å². The molecule has 144 valence electrons. The predicted octanol–water partition coefficient (Wildman–Crippen LogP) is 3.94. The van der Waals surface area contributed by atoms with Crippen LogP contribution in [0.1, 0.15) is 42.5 Å². The molecular weight excluding hydrogens is 367 g/mol. The Hall–Kier alpha value is -2.41. The molecule has 0 saturated heterocycles. The smallest absolute Gasteiger partial charge is 0.262 e. The Kier molecular flexibility index (Phi) is 6.11. The first-order valence-corrected chi connectivity index (χ1v) is 10.6. The number of hydrogen-bond acceptors (Lipinski definition) is 3. The van der Waals surface area contributed by atoms with Crippen molar-refractivity contribution in [2.45, 2.75) is 37.0 Å². The van der Waals surface area contributed by atoms with Gasteiger partial charge in [0.05, 0.1) is 10.6 Å². The Morgan fingerprint density at radius 1 is 1.04 bits per heavy atom. The highest BCUT2D eigenvalue weighted by molar-refractivity contribution is 7.92. The maximum Gasteiger partial charge on any atom is 0.262 e. The molecule has 0 bridgehead atoms. The zero-order chi connectivity index (χ0) is 19.3. The van der Waals surface area contributed by atoms with Crippen molar-refractivity contribution in [2.24, 2.45) is 5.92 Å². The maximum absolute atomic E-state index is 13.7. The average Bonchev–Trinajstić information content (AvgIpc) is 2.69. The lowest BCUT2D eigenvalue weighted by atomic mass is 9.89. The number of hydrogen-bond donors (Lipinski definition) is 2. The van der Waals surface area contributed by atoms with Crippen LogP contribution in [0.2, 0.25) is 0 Å². The van der Waals surface area contributed by atoms with E-state index in [1.807, 2.05) is 0 Å². The van der Waals surface area contributed by atoms with Gasteiger partial charge in [-0.2, -0.15) is 0 Å². The standard InChI is InChI=1S/C20H23FN2O3S/c21-18-11-4-5-12-19(18)23-27(25,26)17-10-6-9-16(13-17)20(24)22-14-15-7-2-1-3-8-15/h4-6,9-13,15,23H,1-3,7-8,14H2,(H,22,24). The Balaban J connectivity index is 1.70. The highest BCUT2D eigenvalue weighted by atomic mass is 32.2. The molecular formula is C20H23FN2O3S. The van der Waals surface area contributed by atoms with Crippen LogP contribution in [-0.2, 0) is 10.0 Å². The molecule has 0 aliphatic heterocycles. The summed E-state index contributed by atoms with van der Waals surface area (Å²) in [7, 11) is -4.00. The number of anilines is 1. The number of para-hydroxylation sites is 1. The first kappa shape index (κ1) is 19.4. The monoisotopic (exact) mass is 390 g/mol. The van der Waals surface area contributed by atoms with E-state index in [0.717, 1.165) is 12.8 Å². The van der Waals surface area contributed by atoms with Crippen LogP contribution in [0, 0.1) is 11.7 Å². The number of sulfonamides is 1. The zero-order valence-corrected chi connectivity index (χ0v) is 15.8.